The molecule has 0 amide bonds. The molecule has 1 aliphatic rings. The molecule has 1 fully saturated rings. The van der Waals surface area contributed by atoms with Gasteiger partial charge in [0.25, 0.3) is 5.95 Å². The first-order chi connectivity index (χ1) is 10.0. The normalized spacial score (nSPS) is 21.1. The summed E-state index contributed by atoms with van der Waals surface area (Å²) in [5.41, 5.74) is 5.62. The molecule has 21 heavy (non-hydrogen) atoms. The van der Waals surface area contributed by atoms with E-state index in [9.17, 15) is 0 Å². The molecular weight excluding hydrogens is 270 g/mol. The predicted octanol–water partition coefficient (Wildman–Crippen LogP) is 1.01. The van der Waals surface area contributed by atoms with Gasteiger partial charge < -0.3 is 15.8 Å². The molecule has 1 aliphatic heterocycles. The molecule has 0 radical (unpaired) electrons. The molecule has 8 heteroatoms. The molecule has 2 aromatic rings. The zero-order chi connectivity index (χ0) is 14.9. The van der Waals surface area contributed by atoms with Crippen LogP contribution in [-0.4, -0.2) is 43.0 Å². The summed E-state index contributed by atoms with van der Waals surface area (Å²) in [6.45, 7) is 4.88. The maximum absolute atomic E-state index is 5.76. The van der Waals surface area contributed by atoms with E-state index in [4.69, 9.17) is 10.5 Å². The van der Waals surface area contributed by atoms with Gasteiger partial charge in [-0.2, -0.15) is 20.1 Å². The Labute approximate surface area is 122 Å². The van der Waals surface area contributed by atoms with E-state index in [1.165, 1.54) is 0 Å². The number of nitrogen functional groups attached to an aromatic ring is 1. The number of anilines is 2. The second kappa shape index (κ2) is 5.28. The Morgan fingerprint density at radius 1 is 1.38 bits per heavy atom. The summed E-state index contributed by atoms with van der Waals surface area (Å²) >= 11 is 0. The number of hydrogen-bond donors (Lipinski definition) is 2. The van der Waals surface area contributed by atoms with Crippen LogP contribution < -0.4 is 11.1 Å². The van der Waals surface area contributed by atoms with Crippen molar-refractivity contribution in [3.8, 4) is 5.95 Å². The number of aromatic nitrogens is 5. The molecule has 1 unspecified atom stereocenters. The predicted molar refractivity (Wildman–Crippen MR) is 78.0 cm³/mol. The van der Waals surface area contributed by atoms with Gasteiger partial charge in [-0.05, 0) is 32.8 Å². The van der Waals surface area contributed by atoms with Gasteiger partial charge in [0.1, 0.15) is 0 Å². The average molecular weight is 289 g/mol. The van der Waals surface area contributed by atoms with E-state index in [1.807, 2.05) is 0 Å². The Balaban J connectivity index is 1.79. The van der Waals surface area contributed by atoms with Gasteiger partial charge in [-0.25, -0.2) is 4.68 Å². The van der Waals surface area contributed by atoms with Crippen LogP contribution in [-0.2, 0) is 4.74 Å². The quantitative estimate of drug-likeness (QED) is 0.868. The van der Waals surface area contributed by atoms with Crippen molar-refractivity contribution in [1.29, 1.82) is 0 Å². The van der Waals surface area contributed by atoms with Crippen LogP contribution in [0.15, 0.2) is 18.5 Å². The van der Waals surface area contributed by atoms with Crippen molar-refractivity contribution in [2.75, 3.05) is 17.7 Å². The SMILES string of the molecule is CC1(C)CC(Nc2nc(N)nc(-n3cccn3)n2)CCO1. The van der Waals surface area contributed by atoms with E-state index < -0.39 is 0 Å². The lowest BCUT2D eigenvalue weighted by molar-refractivity contribution is -0.0553. The van der Waals surface area contributed by atoms with Crippen LogP contribution in [0.2, 0.25) is 0 Å². The van der Waals surface area contributed by atoms with Gasteiger partial charge in [-0.3, -0.25) is 0 Å². The molecule has 0 spiro atoms. The number of ether oxygens (including phenoxy) is 1. The summed E-state index contributed by atoms with van der Waals surface area (Å²) < 4.78 is 7.26. The third-order valence-electron chi connectivity index (χ3n) is 3.38. The Morgan fingerprint density at radius 2 is 2.24 bits per heavy atom. The first-order valence-electron chi connectivity index (χ1n) is 6.94. The maximum atomic E-state index is 5.76. The fourth-order valence-corrected chi connectivity index (χ4v) is 2.47. The highest BCUT2D eigenvalue weighted by molar-refractivity contribution is 5.35. The van der Waals surface area contributed by atoms with E-state index in [0.29, 0.717) is 11.9 Å². The Kier molecular flexibility index (Phi) is 3.46. The number of nitrogens with zero attached hydrogens (tertiary/aromatic N) is 5. The molecule has 0 aromatic carbocycles. The minimum atomic E-state index is -0.140. The van der Waals surface area contributed by atoms with Gasteiger partial charge in [0.2, 0.25) is 11.9 Å². The van der Waals surface area contributed by atoms with Gasteiger partial charge in [-0.1, -0.05) is 0 Å². The zero-order valence-corrected chi connectivity index (χ0v) is 12.2. The molecule has 3 heterocycles. The smallest absolute Gasteiger partial charge is 0.257 e. The highest BCUT2D eigenvalue weighted by Crippen LogP contribution is 2.25. The lowest BCUT2D eigenvalue weighted by atomic mass is 9.94. The van der Waals surface area contributed by atoms with Crippen LogP contribution in [0.3, 0.4) is 0 Å². The van der Waals surface area contributed by atoms with Crippen LogP contribution in [0.4, 0.5) is 11.9 Å². The first-order valence-corrected chi connectivity index (χ1v) is 6.94. The Morgan fingerprint density at radius 3 is 2.95 bits per heavy atom. The summed E-state index contributed by atoms with van der Waals surface area (Å²) in [6.07, 6.45) is 5.21. The van der Waals surface area contributed by atoms with Gasteiger partial charge >= 0.3 is 0 Å². The molecule has 8 nitrogen and oxygen atoms in total. The molecule has 3 rings (SSSR count). The number of hydrogen-bond acceptors (Lipinski definition) is 7. The molecule has 1 atom stereocenters. The van der Waals surface area contributed by atoms with Gasteiger partial charge in [0, 0.05) is 25.0 Å². The fraction of sp³-hybridized carbons (Fsp3) is 0.538. The third-order valence-corrected chi connectivity index (χ3v) is 3.38. The van der Waals surface area contributed by atoms with Crippen molar-refractivity contribution in [3.63, 3.8) is 0 Å². The van der Waals surface area contributed by atoms with Crippen molar-refractivity contribution in [2.45, 2.75) is 38.3 Å². The van der Waals surface area contributed by atoms with E-state index in [-0.39, 0.29) is 17.6 Å². The molecule has 112 valence electrons. The van der Waals surface area contributed by atoms with E-state index >= 15 is 0 Å². The van der Waals surface area contributed by atoms with Crippen molar-refractivity contribution in [1.82, 2.24) is 24.7 Å². The standard InChI is InChI=1S/C13H19N7O/c1-13(2)8-9(4-7-21-13)16-11-17-10(14)18-12(19-11)20-6-3-5-15-20/h3,5-6,9H,4,7-8H2,1-2H3,(H3,14,16,17,18,19). The van der Waals surface area contributed by atoms with Gasteiger partial charge in [-0.15, -0.1) is 0 Å². The van der Waals surface area contributed by atoms with E-state index in [1.54, 1.807) is 23.1 Å². The highest BCUT2D eigenvalue weighted by atomic mass is 16.5. The van der Waals surface area contributed by atoms with Crippen LogP contribution in [0.25, 0.3) is 5.95 Å². The average Bonchev–Trinajstić information content (AvgIpc) is 2.90. The van der Waals surface area contributed by atoms with E-state index in [2.05, 4.69) is 39.2 Å². The largest absolute Gasteiger partial charge is 0.375 e. The van der Waals surface area contributed by atoms with Crippen LogP contribution >= 0.6 is 0 Å². The molecule has 0 bridgehead atoms. The minimum absolute atomic E-state index is 0.140. The third kappa shape index (κ3) is 3.27. The molecule has 0 saturated carbocycles. The minimum Gasteiger partial charge on any atom is -0.375 e. The lowest BCUT2D eigenvalue weighted by Crippen LogP contribution is -2.40. The first kappa shape index (κ1) is 13.7. The second-order valence-electron chi connectivity index (χ2n) is 5.71. The molecule has 1 saturated heterocycles. The lowest BCUT2D eigenvalue weighted by Gasteiger charge is -2.35. The summed E-state index contributed by atoms with van der Waals surface area (Å²) in [4.78, 5) is 12.6. The zero-order valence-electron chi connectivity index (χ0n) is 12.2. The maximum Gasteiger partial charge on any atom is 0.257 e. The Hall–Kier alpha value is -2.22. The molecular formula is C13H19N7O. The summed E-state index contributed by atoms with van der Waals surface area (Å²) in [6, 6.07) is 2.05. The van der Waals surface area contributed by atoms with Crippen molar-refractivity contribution < 1.29 is 4.74 Å². The van der Waals surface area contributed by atoms with Crippen LogP contribution in [0.5, 0.6) is 0 Å². The number of nitrogens with two attached hydrogens (primary N) is 1. The second-order valence-corrected chi connectivity index (χ2v) is 5.71. The fourth-order valence-electron chi connectivity index (χ4n) is 2.47. The highest BCUT2D eigenvalue weighted by Gasteiger charge is 2.29. The van der Waals surface area contributed by atoms with Crippen molar-refractivity contribution >= 4 is 11.9 Å². The summed E-state index contributed by atoms with van der Waals surface area (Å²) in [5, 5.41) is 7.42. The van der Waals surface area contributed by atoms with Crippen molar-refractivity contribution in [2.24, 2.45) is 0 Å². The monoisotopic (exact) mass is 289 g/mol. The summed E-state index contributed by atoms with van der Waals surface area (Å²) in [5.74, 6) is 1.04. The van der Waals surface area contributed by atoms with Gasteiger partial charge in [0.05, 0.1) is 5.60 Å². The summed E-state index contributed by atoms with van der Waals surface area (Å²) in [7, 11) is 0. The topological polar surface area (TPSA) is 104 Å². The van der Waals surface area contributed by atoms with Crippen molar-refractivity contribution in [3.05, 3.63) is 18.5 Å². The molecule has 2 aromatic heterocycles. The number of rotatable bonds is 3. The van der Waals surface area contributed by atoms with Crippen LogP contribution in [0.1, 0.15) is 26.7 Å². The molecule has 3 N–H and O–H groups in total. The Bertz CT molecular complexity index is 611. The number of nitrogens with one attached hydrogen (secondary N) is 1. The van der Waals surface area contributed by atoms with Gasteiger partial charge in [0.15, 0.2) is 0 Å². The molecule has 0 aliphatic carbocycles. The van der Waals surface area contributed by atoms with E-state index in [0.717, 1.165) is 19.4 Å². The van der Waals surface area contributed by atoms with Crippen LogP contribution in [0, 0.1) is 0 Å².